The standard InChI is InChI=1S/C20H13N3O4S/c1-27-20(24)15-4-2-13(3-5-15)10-16(11-21)19-22-18(12-28-19)14-6-8-17(9-7-14)23(25)26/h2-10,12H,1H3. The summed E-state index contributed by atoms with van der Waals surface area (Å²) in [6, 6.07) is 14.9. The number of non-ortho nitro benzene ring substituents is 1. The summed E-state index contributed by atoms with van der Waals surface area (Å²) in [7, 11) is 1.31. The first-order valence-electron chi connectivity index (χ1n) is 8.02. The number of hydrogen-bond acceptors (Lipinski definition) is 7. The van der Waals surface area contributed by atoms with Crippen LogP contribution in [0, 0.1) is 21.4 Å². The van der Waals surface area contributed by atoms with Crippen molar-refractivity contribution in [2.45, 2.75) is 0 Å². The van der Waals surface area contributed by atoms with E-state index in [1.54, 1.807) is 47.9 Å². The predicted molar refractivity (Wildman–Crippen MR) is 105 cm³/mol. The van der Waals surface area contributed by atoms with E-state index >= 15 is 0 Å². The molecule has 0 saturated heterocycles. The van der Waals surface area contributed by atoms with Gasteiger partial charge in [0.1, 0.15) is 11.1 Å². The number of hydrogen-bond donors (Lipinski definition) is 0. The van der Waals surface area contributed by atoms with Crippen molar-refractivity contribution in [1.29, 1.82) is 5.26 Å². The lowest BCUT2D eigenvalue weighted by molar-refractivity contribution is -0.384. The number of carbonyl (C=O) groups excluding carboxylic acids is 1. The smallest absolute Gasteiger partial charge is 0.337 e. The summed E-state index contributed by atoms with van der Waals surface area (Å²) in [5.74, 6) is -0.427. The molecule has 7 nitrogen and oxygen atoms in total. The molecule has 0 amide bonds. The fourth-order valence-electron chi connectivity index (χ4n) is 2.43. The summed E-state index contributed by atoms with van der Waals surface area (Å²) < 4.78 is 4.66. The van der Waals surface area contributed by atoms with Crippen LogP contribution in [0.1, 0.15) is 20.9 Å². The van der Waals surface area contributed by atoms with Crippen LogP contribution in [0.4, 0.5) is 5.69 Å². The Morgan fingerprint density at radius 2 is 1.89 bits per heavy atom. The first-order chi connectivity index (χ1) is 13.5. The van der Waals surface area contributed by atoms with Gasteiger partial charge < -0.3 is 4.74 Å². The second kappa shape index (κ2) is 8.24. The van der Waals surface area contributed by atoms with Crippen molar-refractivity contribution in [3.05, 3.63) is 80.2 Å². The van der Waals surface area contributed by atoms with Crippen molar-refractivity contribution in [3.8, 4) is 17.3 Å². The van der Waals surface area contributed by atoms with Crippen LogP contribution < -0.4 is 0 Å². The fraction of sp³-hybridized carbons (Fsp3) is 0.0500. The molecule has 8 heteroatoms. The van der Waals surface area contributed by atoms with E-state index in [1.807, 2.05) is 0 Å². The van der Waals surface area contributed by atoms with Crippen molar-refractivity contribution in [2.75, 3.05) is 7.11 Å². The number of aromatic nitrogens is 1. The summed E-state index contributed by atoms with van der Waals surface area (Å²) in [4.78, 5) is 26.2. The number of benzene rings is 2. The van der Waals surface area contributed by atoms with E-state index in [4.69, 9.17) is 0 Å². The van der Waals surface area contributed by atoms with Gasteiger partial charge in [0.2, 0.25) is 0 Å². The molecule has 0 bridgehead atoms. The molecule has 0 aliphatic heterocycles. The summed E-state index contributed by atoms with van der Waals surface area (Å²) in [5.41, 5.74) is 2.92. The quantitative estimate of drug-likeness (QED) is 0.273. The zero-order valence-corrected chi connectivity index (χ0v) is 15.5. The molecule has 0 N–H and O–H groups in total. The average Bonchev–Trinajstić information content (AvgIpc) is 3.22. The van der Waals surface area contributed by atoms with E-state index in [9.17, 15) is 20.2 Å². The summed E-state index contributed by atoms with van der Waals surface area (Å²) in [6.07, 6.45) is 1.68. The number of nitrogens with zero attached hydrogens (tertiary/aromatic N) is 3. The second-order valence-corrected chi connectivity index (χ2v) is 6.48. The van der Waals surface area contributed by atoms with Gasteiger partial charge in [-0.15, -0.1) is 11.3 Å². The molecule has 0 spiro atoms. The number of carbonyl (C=O) groups is 1. The number of methoxy groups -OCH3 is 1. The Morgan fingerprint density at radius 1 is 1.21 bits per heavy atom. The zero-order chi connectivity index (χ0) is 20.1. The molecular weight excluding hydrogens is 378 g/mol. The minimum absolute atomic E-state index is 0.00668. The van der Waals surface area contributed by atoms with E-state index in [2.05, 4.69) is 15.8 Å². The van der Waals surface area contributed by atoms with Crippen molar-refractivity contribution < 1.29 is 14.5 Å². The van der Waals surface area contributed by atoms with Crippen molar-refractivity contribution in [2.24, 2.45) is 0 Å². The Hall–Kier alpha value is -3.83. The van der Waals surface area contributed by atoms with Crippen molar-refractivity contribution in [3.63, 3.8) is 0 Å². The monoisotopic (exact) mass is 391 g/mol. The van der Waals surface area contributed by atoms with Gasteiger partial charge in [0.05, 0.1) is 28.9 Å². The molecule has 2 aromatic carbocycles. The van der Waals surface area contributed by atoms with Gasteiger partial charge in [-0.1, -0.05) is 12.1 Å². The van der Waals surface area contributed by atoms with Crippen LogP contribution in [0.3, 0.4) is 0 Å². The molecule has 0 aliphatic rings. The van der Waals surface area contributed by atoms with Gasteiger partial charge in [0, 0.05) is 23.1 Å². The molecule has 0 aliphatic carbocycles. The van der Waals surface area contributed by atoms with Crippen LogP contribution in [0.25, 0.3) is 22.9 Å². The van der Waals surface area contributed by atoms with E-state index in [0.29, 0.717) is 21.8 Å². The topological polar surface area (TPSA) is 106 Å². The number of nitriles is 1. The number of rotatable bonds is 5. The van der Waals surface area contributed by atoms with Crippen molar-refractivity contribution in [1.82, 2.24) is 4.98 Å². The van der Waals surface area contributed by atoms with Crippen LogP contribution in [-0.2, 0) is 4.74 Å². The predicted octanol–water partition coefficient (Wildman–Crippen LogP) is 4.57. The SMILES string of the molecule is COC(=O)c1ccc(C=C(C#N)c2nc(-c3ccc([N+](=O)[O-])cc3)cs2)cc1. The molecule has 138 valence electrons. The van der Waals surface area contributed by atoms with Crippen LogP contribution in [0.2, 0.25) is 0 Å². The minimum atomic E-state index is -0.460. The highest BCUT2D eigenvalue weighted by Gasteiger charge is 2.11. The molecule has 3 aromatic rings. The number of nitro groups is 1. The Balaban J connectivity index is 1.85. The third-order valence-corrected chi connectivity index (χ3v) is 4.75. The molecular formula is C20H13N3O4S. The summed E-state index contributed by atoms with van der Waals surface area (Å²) in [5, 5.41) is 22.6. The second-order valence-electron chi connectivity index (χ2n) is 5.63. The van der Waals surface area contributed by atoms with Gasteiger partial charge in [-0.25, -0.2) is 9.78 Å². The lowest BCUT2D eigenvalue weighted by atomic mass is 10.1. The maximum absolute atomic E-state index is 11.5. The van der Waals surface area contributed by atoms with Gasteiger partial charge in [-0.2, -0.15) is 5.26 Å². The lowest BCUT2D eigenvalue weighted by Crippen LogP contribution is -2.00. The Labute approximate surface area is 164 Å². The lowest BCUT2D eigenvalue weighted by Gasteiger charge is -2.00. The zero-order valence-electron chi connectivity index (χ0n) is 14.7. The molecule has 0 atom stereocenters. The van der Waals surface area contributed by atoms with Crippen LogP contribution >= 0.6 is 11.3 Å². The molecule has 1 aromatic heterocycles. The maximum atomic E-state index is 11.5. The number of allylic oxidation sites excluding steroid dienone is 1. The van der Waals surface area contributed by atoms with E-state index < -0.39 is 10.9 Å². The van der Waals surface area contributed by atoms with Crippen LogP contribution in [0.5, 0.6) is 0 Å². The molecule has 28 heavy (non-hydrogen) atoms. The Bertz CT molecular complexity index is 1090. The molecule has 0 unspecified atom stereocenters. The molecule has 1 heterocycles. The number of ether oxygens (including phenoxy) is 1. The van der Waals surface area contributed by atoms with Gasteiger partial charge in [-0.3, -0.25) is 10.1 Å². The Kier molecular flexibility index (Phi) is 5.58. The van der Waals surface area contributed by atoms with Crippen LogP contribution in [0.15, 0.2) is 53.9 Å². The van der Waals surface area contributed by atoms with Gasteiger partial charge in [-0.05, 0) is 35.9 Å². The summed E-state index contributed by atoms with van der Waals surface area (Å²) in [6.45, 7) is 0. The highest BCUT2D eigenvalue weighted by atomic mass is 32.1. The first-order valence-corrected chi connectivity index (χ1v) is 8.90. The van der Waals surface area contributed by atoms with Gasteiger partial charge >= 0.3 is 5.97 Å². The molecule has 0 radical (unpaired) electrons. The highest BCUT2D eigenvalue weighted by molar-refractivity contribution is 7.11. The number of esters is 1. The number of nitro benzene ring substituents is 1. The average molecular weight is 391 g/mol. The van der Waals surface area contributed by atoms with E-state index in [1.165, 1.54) is 30.6 Å². The molecule has 0 fully saturated rings. The normalized spacial score (nSPS) is 10.9. The highest BCUT2D eigenvalue weighted by Crippen LogP contribution is 2.28. The largest absolute Gasteiger partial charge is 0.465 e. The van der Waals surface area contributed by atoms with Gasteiger partial charge in [0.25, 0.3) is 5.69 Å². The first kappa shape index (κ1) is 18.9. The maximum Gasteiger partial charge on any atom is 0.337 e. The van der Waals surface area contributed by atoms with E-state index in [-0.39, 0.29) is 5.69 Å². The third kappa shape index (κ3) is 4.11. The van der Waals surface area contributed by atoms with Crippen molar-refractivity contribution >= 4 is 34.6 Å². The third-order valence-electron chi connectivity index (χ3n) is 3.87. The summed E-state index contributed by atoms with van der Waals surface area (Å²) >= 11 is 1.31. The van der Waals surface area contributed by atoms with Crippen LogP contribution in [-0.4, -0.2) is 23.0 Å². The van der Waals surface area contributed by atoms with Gasteiger partial charge in [0.15, 0.2) is 0 Å². The fourth-order valence-corrected chi connectivity index (χ4v) is 3.22. The van der Waals surface area contributed by atoms with E-state index in [0.717, 1.165) is 11.1 Å². The molecule has 3 rings (SSSR count). The Morgan fingerprint density at radius 3 is 2.46 bits per heavy atom. The molecule has 0 saturated carbocycles. The number of thiazole rings is 1. The minimum Gasteiger partial charge on any atom is -0.465 e.